The summed E-state index contributed by atoms with van der Waals surface area (Å²) in [6, 6.07) is 0. The average Bonchev–Trinajstić information content (AvgIpc) is 2.12. The van der Waals surface area contributed by atoms with Crippen molar-refractivity contribution in [3.8, 4) is 0 Å². The molecule has 1 amide bonds. The fraction of sp³-hybridized carbons (Fsp3) is 0.857. The topological polar surface area (TPSA) is 66.4 Å². The summed E-state index contributed by atoms with van der Waals surface area (Å²) in [4.78, 5) is 22.6. The van der Waals surface area contributed by atoms with Crippen LogP contribution in [0.5, 0.6) is 0 Å². The summed E-state index contributed by atoms with van der Waals surface area (Å²) in [5, 5.41) is 11.8. The first-order valence-corrected chi connectivity index (χ1v) is 6.46. The number of rotatable bonds is 7. The van der Waals surface area contributed by atoms with Crippen molar-refractivity contribution in [3.05, 3.63) is 0 Å². The van der Waals surface area contributed by atoms with Crippen LogP contribution in [0.25, 0.3) is 0 Å². The van der Waals surface area contributed by atoms with Crippen LogP contribution in [0.1, 0.15) is 54.4 Å². The maximum absolute atomic E-state index is 11.7. The van der Waals surface area contributed by atoms with Crippen molar-refractivity contribution in [1.82, 2.24) is 5.32 Å². The molecule has 0 aliphatic carbocycles. The highest BCUT2D eigenvalue weighted by Gasteiger charge is 2.30. The Kier molecular flexibility index (Phi) is 5.84. The van der Waals surface area contributed by atoms with E-state index in [-0.39, 0.29) is 17.7 Å². The van der Waals surface area contributed by atoms with E-state index in [0.29, 0.717) is 12.5 Å². The van der Waals surface area contributed by atoms with Crippen LogP contribution >= 0.6 is 0 Å². The van der Waals surface area contributed by atoms with Gasteiger partial charge < -0.3 is 10.4 Å². The molecule has 4 nitrogen and oxygen atoms in total. The number of hydrogen-bond acceptors (Lipinski definition) is 2. The van der Waals surface area contributed by atoms with Gasteiger partial charge in [-0.25, -0.2) is 0 Å². The van der Waals surface area contributed by atoms with E-state index in [1.54, 1.807) is 13.8 Å². The van der Waals surface area contributed by atoms with Gasteiger partial charge in [-0.3, -0.25) is 9.59 Å². The molecule has 0 aromatic carbocycles. The number of amides is 1. The summed E-state index contributed by atoms with van der Waals surface area (Å²) in [7, 11) is 0. The predicted octanol–water partition coefficient (Wildman–Crippen LogP) is 2.68. The first-order chi connectivity index (χ1) is 7.96. The molecule has 0 aromatic rings. The van der Waals surface area contributed by atoms with Crippen molar-refractivity contribution in [2.45, 2.75) is 54.4 Å². The zero-order chi connectivity index (χ0) is 14.6. The number of aliphatic carboxylic acids is 1. The van der Waals surface area contributed by atoms with Gasteiger partial charge >= 0.3 is 5.97 Å². The molecule has 0 radical (unpaired) electrons. The molecule has 0 saturated heterocycles. The molecule has 0 heterocycles. The van der Waals surface area contributed by atoms with Gasteiger partial charge in [-0.15, -0.1) is 0 Å². The highest BCUT2D eigenvalue weighted by atomic mass is 16.4. The molecule has 0 aromatic heterocycles. The number of carbonyl (C=O) groups excluding carboxylic acids is 1. The Morgan fingerprint density at radius 3 is 2.06 bits per heavy atom. The maximum atomic E-state index is 11.7. The molecule has 0 fully saturated rings. The van der Waals surface area contributed by atoms with Gasteiger partial charge in [0.25, 0.3) is 0 Å². The maximum Gasteiger partial charge on any atom is 0.309 e. The van der Waals surface area contributed by atoms with Crippen molar-refractivity contribution in [2.24, 2.45) is 16.7 Å². The summed E-state index contributed by atoms with van der Waals surface area (Å²) in [5.41, 5.74) is -0.969. The Morgan fingerprint density at radius 1 is 1.17 bits per heavy atom. The van der Waals surface area contributed by atoms with E-state index < -0.39 is 11.4 Å². The van der Waals surface area contributed by atoms with Crippen LogP contribution in [0, 0.1) is 16.7 Å². The van der Waals surface area contributed by atoms with Gasteiger partial charge in [-0.2, -0.15) is 0 Å². The SMILES string of the molecule is CC(C)CC(C)(C)CNC(=O)CC(C)(C)C(=O)O. The first kappa shape index (κ1) is 16.9. The van der Waals surface area contributed by atoms with E-state index in [4.69, 9.17) is 5.11 Å². The van der Waals surface area contributed by atoms with Crippen molar-refractivity contribution < 1.29 is 14.7 Å². The van der Waals surface area contributed by atoms with Crippen molar-refractivity contribution in [3.63, 3.8) is 0 Å². The molecule has 0 rings (SSSR count). The number of nitrogens with one attached hydrogen (secondary N) is 1. The number of hydrogen-bond donors (Lipinski definition) is 2. The second-order valence-electron chi connectivity index (χ2n) is 6.90. The molecule has 106 valence electrons. The Balaban J connectivity index is 4.23. The molecule has 0 aliphatic heterocycles. The van der Waals surface area contributed by atoms with Gasteiger partial charge in [0, 0.05) is 13.0 Å². The van der Waals surface area contributed by atoms with Crippen molar-refractivity contribution in [1.29, 1.82) is 0 Å². The molecule has 18 heavy (non-hydrogen) atoms. The summed E-state index contributed by atoms with van der Waals surface area (Å²) in [6.07, 6.45) is 1.04. The van der Waals surface area contributed by atoms with E-state index in [1.807, 2.05) is 0 Å². The van der Waals surface area contributed by atoms with Gasteiger partial charge in [0.1, 0.15) is 0 Å². The van der Waals surface area contributed by atoms with Crippen LogP contribution in [0.15, 0.2) is 0 Å². The minimum atomic E-state index is -1.01. The monoisotopic (exact) mass is 257 g/mol. The van der Waals surface area contributed by atoms with E-state index in [9.17, 15) is 9.59 Å². The largest absolute Gasteiger partial charge is 0.481 e. The molecule has 0 bridgehead atoms. The Bertz CT molecular complexity index is 306. The first-order valence-electron chi connectivity index (χ1n) is 6.46. The fourth-order valence-electron chi connectivity index (χ4n) is 2.05. The quantitative estimate of drug-likeness (QED) is 0.737. The van der Waals surface area contributed by atoms with Crippen LogP contribution in [0.2, 0.25) is 0 Å². The standard InChI is InChI=1S/C14H27NO3/c1-10(2)7-13(3,4)9-15-11(16)8-14(5,6)12(17)18/h10H,7-9H2,1-6H3,(H,15,16)(H,17,18). The van der Waals surface area contributed by atoms with Crippen LogP contribution in [-0.2, 0) is 9.59 Å². The lowest BCUT2D eigenvalue weighted by Gasteiger charge is -2.27. The minimum absolute atomic E-state index is 0.0140. The highest BCUT2D eigenvalue weighted by Crippen LogP contribution is 2.25. The van der Waals surface area contributed by atoms with Gasteiger partial charge in [-0.1, -0.05) is 27.7 Å². The lowest BCUT2D eigenvalue weighted by atomic mass is 9.83. The third kappa shape index (κ3) is 6.62. The number of carboxylic acids is 1. The summed E-state index contributed by atoms with van der Waals surface area (Å²) < 4.78 is 0. The van der Waals surface area contributed by atoms with Gasteiger partial charge in [0.15, 0.2) is 0 Å². The van der Waals surface area contributed by atoms with Crippen LogP contribution in [-0.4, -0.2) is 23.5 Å². The Morgan fingerprint density at radius 2 is 1.67 bits per heavy atom. The minimum Gasteiger partial charge on any atom is -0.481 e. The molecule has 0 unspecified atom stereocenters. The number of carbonyl (C=O) groups is 2. The molecule has 0 atom stereocenters. The lowest BCUT2D eigenvalue weighted by Crippen LogP contribution is -2.38. The smallest absolute Gasteiger partial charge is 0.309 e. The van der Waals surface area contributed by atoms with Crippen LogP contribution in [0.4, 0.5) is 0 Å². The fourth-order valence-corrected chi connectivity index (χ4v) is 2.05. The van der Waals surface area contributed by atoms with Crippen LogP contribution in [0.3, 0.4) is 0 Å². The normalized spacial score (nSPS) is 12.6. The third-order valence-corrected chi connectivity index (χ3v) is 2.91. The molecular formula is C14H27NO3. The molecule has 2 N–H and O–H groups in total. The highest BCUT2D eigenvalue weighted by molar-refractivity contribution is 5.84. The third-order valence-electron chi connectivity index (χ3n) is 2.91. The molecule has 0 spiro atoms. The summed E-state index contributed by atoms with van der Waals surface area (Å²) in [6.45, 7) is 12.2. The molecule has 0 aliphatic rings. The van der Waals surface area contributed by atoms with Gasteiger partial charge in [0.05, 0.1) is 5.41 Å². The Hall–Kier alpha value is -1.06. The Labute approximate surface area is 110 Å². The summed E-state index contributed by atoms with van der Waals surface area (Å²) >= 11 is 0. The second-order valence-corrected chi connectivity index (χ2v) is 6.90. The lowest BCUT2D eigenvalue weighted by molar-refractivity contribution is -0.149. The molecule has 0 saturated carbocycles. The van der Waals surface area contributed by atoms with Crippen LogP contribution < -0.4 is 5.32 Å². The number of carboxylic acid groups (broad SMARTS) is 1. The molecular weight excluding hydrogens is 230 g/mol. The van der Waals surface area contributed by atoms with Crippen molar-refractivity contribution in [2.75, 3.05) is 6.54 Å². The van der Waals surface area contributed by atoms with E-state index in [0.717, 1.165) is 6.42 Å². The van der Waals surface area contributed by atoms with Gasteiger partial charge in [-0.05, 0) is 31.6 Å². The van der Waals surface area contributed by atoms with E-state index in [1.165, 1.54) is 0 Å². The predicted molar refractivity (Wildman–Crippen MR) is 72.3 cm³/mol. The van der Waals surface area contributed by atoms with Gasteiger partial charge in [0.2, 0.25) is 5.91 Å². The molecule has 4 heteroatoms. The zero-order valence-corrected chi connectivity index (χ0v) is 12.5. The average molecular weight is 257 g/mol. The van der Waals surface area contributed by atoms with Crippen molar-refractivity contribution >= 4 is 11.9 Å². The van der Waals surface area contributed by atoms with E-state index >= 15 is 0 Å². The summed E-state index contributed by atoms with van der Waals surface area (Å²) in [5.74, 6) is -0.564. The zero-order valence-electron chi connectivity index (χ0n) is 12.5. The second kappa shape index (κ2) is 6.21. The van der Waals surface area contributed by atoms with E-state index in [2.05, 4.69) is 33.0 Å².